The maximum atomic E-state index is 3.70. The van der Waals surface area contributed by atoms with Gasteiger partial charge in [0.15, 0.2) is 0 Å². The third-order valence-corrected chi connectivity index (χ3v) is 6.20. The van der Waals surface area contributed by atoms with Gasteiger partial charge in [0.1, 0.15) is 0 Å². The van der Waals surface area contributed by atoms with Crippen LogP contribution >= 0.6 is 15.9 Å². The lowest BCUT2D eigenvalue weighted by atomic mass is 9.88. The molecule has 2 heteroatoms. The molecule has 2 saturated carbocycles. The van der Waals surface area contributed by atoms with Gasteiger partial charge < -0.3 is 4.90 Å². The molecule has 1 aromatic carbocycles. The summed E-state index contributed by atoms with van der Waals surface area (Å²) in [5.74, 6) is 3.70. The van der Waals surface area contributed by atoms with Crippen molar-refractivity contribution in [2.24, 2.45) is 17.8 Å². The summed E-state index contributed by atoms with van der Waals surface area (Å²) in [6.07, 6.45) is 6.04. The summed E-state index contributed by atoms with van der Waals surface area (Å²) in [7, 11) is 2.31. The first-order valence-electron chi connectivity index (χ1n) is 8.05. The van der Waals surface area contributed by atoms with Crippen LogP contribution in [0.15, 0.2) is 30.3 Å². The predicted molar refractivity (Wildman–Crippen MR) is 89.4 cm³/mol. The van der Waals surface area contributed by atoms with Gasteiger partial charge in [-0.05, 0) is 49.6 Å². The van der Waals surface area contributed by atoms with Crippen LogP contribution in [0.3, 0.4) is 0 Å². The average molecular weight is 336 g/mol. The van der Waals surface area contributed by atoms with Crippen LogP contribution in [-0.4, -0.2) is 30.4 Å². The Labute approximate surface area is 131 Å². The maximum Gasteiger partial charge on any atom is 0.0112 e. The molecule has 0 spiro atoms. The van der Waals surface area contributed by atoms with Gasteiger partial charge in [-0.2, -0.15) is 0 Å². The second kappa shape index (κ2) is 6.62. The molecule has 0 N–H and O–H groups in total. The molecule has 2 aliphatic rings. The van der Waals surface area contributed by atoms with E-state index in [1.807, 2.05) is 0 Å². The minimum atomic E-state index is 0.611. The molecule has 1 nitrogen and oxygen atoms in total. The minimum absolute atomic E-state index is 0.611. The molecule has 110 valence electrons. The van der Waals surface area contributed by atoms with Crippen LogP contribution in [0.4, 0.5) is 0 Å². The molecule has 4 atom stereocenters. The highest BCUT2D eigenvalue weighted by Crippen LogP contribution is 2.48. The van der Waals surface area contributed by atoms with Crippen molar-refractivity contribution in [2.45, 2.75) is 31.6 Å². The number of benzene rings is 1. The van der Waals surface area contributed by atoms with Crippen molar-refractivity contribution in [3.05, 3.63) is 35.9 Å². The number of rotatable bonds is 6. The monoisotopic (exact) mass is 335 g/mol. The summed E-state index contributed by atoms with van der Waals surface area (Å²) >= 11 is 3.70. The van der Waals surface area contributed by atoms with E-state index < -0.39 is 0 Å². The van der Waals surface area contributed by atoms with Crippen molar-refractivity contribution in [2.75, 3.05) is 25.5 Å². The number of nitrogens with zero attached hydrogens (tertiary/aromatic N) is 1. The highest BCUT2D eigenvalue weighted by Gasteiger charge is 2.39. The summed E-state index contributed by atoms with van der Waals surface area (Å²) in [4.78, 5) is 2.57. The Balaban J connectivity index is 1.53. The molecule has 0 radical (unpaired) electrons. The lowest BCUT2D eigenvalue weighted by Crippen LogP contribution is -2.32. The number of fused-ring (bicyclic) bond motifs is 2. The summed E-state index contributed by atoms with van der Waals surface area (Å²) in [5.41, 5.74) is 1.46. The summed E-state index contributed by atoms with van der Waals surface area (Å²) in [6, 6.07) is 10.9. The van der Waals surface area contributed by atoms with Crippen molar-refractivity contribution < 1.29 is 0 Å². The number of alkyl halides is 1. The van der Waals surface area contributed by atoms with Crippen LogP contribution in [0, 0.1) is 17.8 Å². The van der Waals surface area contributed by atoms with Gasteiger partial charge >= 0.3 is 0 Å². The topological polar surface area (TPSA) is 3.24 Å². The zero-order valence-corrected chi connectivity index (χ0v) is 14.1. The first kappa shape index (κ1) is 14.6. The fourth-order valence-electron chi connectivity index (χ4n) is 4.42. The normalized spacial score (nSPS) is 30.1. The Bertz CT molecular complexity index is 419. The van der Waals surface area contributed by atoms with Gasteiger partial charge in [-0.1, -0.05) is 52.7 Å². The average Bonchev–Trinajstić information content (AvgIpc) is 3.08. The summed E-state index contributed by atoms with van der Waals surface area (Å²) < 4.78 is 0. The van der Waals surface area contributed by atoms with E-state index in [9.17, 15) is 0 Å². The molecule has 2 bridgehead atoms. The molecule has 0 heterocycles. The van der Waals surface area contributed by atoms with E-state index in [-0.39, 0.29) is 0 Å². The quantitative estimate of drug-likeness (QED) is 0.690. The Morgan fingerprint density at radius 1 is 1.20 bits per heavy atom. The van der Waals surface area contributed by atoms with Gasteiger partial charge in [0.05, 0.1) is 0 Å². The molecule has 0 aromatic heterocycles. The van der Waals surface area contributed by atoms with Crippen LogP contribution < -0.4 is 0 Å². The molecule has 4 unspecified atom stereocenters. The number of halogens is 1. The van der Waals surface area contributed by atoms with Crippen LogP contribution in [-0.2, 0) is 0 Å². The Morgan fingerprint density at radius 3 is 2.60 bits per heavy atom. The van der Waals surface area contributed by atoms with Gasteiger partial charge in [0, 0.05) is 24.3 Å². The van der Waals surface area contributed by atoms with Crippen LogP contribution in [0.2, 0.25) is 0 Å². The van der Waals surface area contributed by atoms with E-state index in [1.165, 1.54) is 44.3 Å². The lowest BCUT2D eigenvalue weighted by Gasteiger charge is -2.29. The molecule has 1 aromatic rings. The number of hydrogen-bond acceptors (Lipinski definition) is 1. The Morgan fingerprint density at radius 2 is 2.00 bits per heavy atom. The van der Waals surface area contributed by atoms with E-state index in [4.69, 9.17) is 0 Å². The standard InChI is InChI=1S/C18H26BrN/c1-20(12-17-10-14-7-8-16(17)9-14)13-18(11-19)15-5-3-2-4-6-15/h2-6,14,16-18H,7-13H2,1H3. The molecule has 3 rings (SSSR count). The summed E-state index contributed by atoms with van der Waals surface area (Å²) in [5, 5.41) is 1.05. The SMILES string of the molecule is CN(CC(CBr)c1ccccc1)CC1CC2CCC1C2. The van der Waals surface area contributed by atoms with Crippen LogP contribution in [0.25, 0.3) is 0 Å². The summed E-state index contributed by atoms with van der Waals surface area (Å²) in [6.45, 7) is 2.47. The van der Waals surface area contributed by atoms with E-state index in [1.54, 1.807) is 0 Å². The highest BCUT2D eigenvalue weighted by molar-refractivity contribution is 9.09. The molecule has 0 aliphatic heterocycles. The minimum Gasteiger partial charge on any atom is -0.305 e. The first-order chi connectivity index (χ1) is 9.76. The van der Waals surface area contributed by atoms with Crippen molar-refractivity contribution in [3.63, 3.8) is 0 Å². The Kier molecular flexibility index (Phi) is 4.83. The van der Waals surface area contributed by atoms with Crippen molar-refractivity contribution in [1.82, 2.24) is 4.90 Å². The van der Waals surface area contributed by atoms with E-state index in [0.29, 0.717) is 5.92 Å². The first-order valence-corrected chi connectivity index (χ1v) is 9.18. The zero-order chi connectivity index (χ0) is 13.9. The van der Waals surface area contributed by atoms with Crippen molar-refractivity contribution >= 4 is 15.9 Å². The van der Waals surface area contributed by atoms with Gasteiger partial charge in [0.25, 0.3) is 0 Å². The molecule has 0 amide bonds. The molecule has 2 aliphatic carbocycles. The van der Waals surface area contributed by atoms with E-state index in [2.05, 4.69) is 58.2 Å². The molecular formula is C18H26BrN. The van der Waals surface area contributed by atoms with Crippen LogP contribution in [0.1, 0.15) is 37.2 Å². The second-order valence-corrected chi connectivity index (χ2v) is 7.57. The zero-order valence-electron chi connectivity index (χ0n) is 12.5. The third-order valence-electron chi connectivity index (χ3n) is 5.42. The largest absolute Gasteiger partial charge is 0.305 e. The van der Waals surface area contributed by atoms with Crippen molar-refractivity contribution in [3.8, 4) is 0 Å². The van der Waals surface area contributed by atoms with Crippen LogP contribution in [0.5, 0.6) is 0 Å². The Hall–Kier alpha value is -0.340. The maximum absolute atomic E-state index is 3.70. The molecule has 0 saturated heterocycles. The smallest absolute Gasteiger partial charge is 0.0112 e. The predicted octanol–water partition coefficient (Wildman–Crippen LogP) is 4.53. The highest BCUT2D eigenvalue weighted by atomic mass is 79.9. The molecule has 2 fully saturated rings. The van der Waals surface area contributed by atoms with E-state index >= 15 is 0 Å². The van der Waals surface area contributed by atoms with E-state index in [0.717, 1.165) is 23.1 Å². The number of likely N-dealkylation sites (N-methyl/N-ethyl adjacent to an activating group) is 1. The second-order valence-electron chi connectivity index (χ2n) is 6.92. The lowest BCUT2D eigenvalue weighted by molar-refractivity contribution is 0.214. The van der Waals surface area contributed by atoms with Gasteiger partial charge in [-0.3, -0.25) is 0 Å². The third kappa shape index (κ3) is 3.28. The molecular weight excluding hydrogens is 310 g/mol. The fraction of sp³-hybridized carbons (Fsp3) is 0.667. The number of hydrogen-bond donors (Lipinski definition) is 0. The van der Waals surface area contributed by atoms with Gasteiger partial charge in [-0.25, -0.2) is 0 Å². The van der Waals surface area contributed by atoms with Gasteiger partial charge in [-0.15, -0.1) is 0 Å². The van der Waals surface area contributed by atoms with Gasteiger partial charge in [0.2, 0.25) is 0 Å². The van der Waals surface area contributed by atoms with Crippen molar-refractivity contribution in [1.29, 1.82) is 0 Å². The fourth-order valence-corrected chi connectivity index (χ4v) is 5.00. The molecule has 20 heavy (non-hydrogen) atoms.